The van der Waals surface area contributed by atoms with Crippen LogP contribution in [0.1, 0.15) is 47.8 Å². The Morgan fingerprint density at radius 1 is 1.27 bits per heavy atom. The minimum atomic E-state index is -0.514. The zero-order chi connectivity index (χ0) is 21.5. The van der Waals surface area contributed by atoms with Crippen LogP contribution in [0.5, 0.6) is 0 Å². The second kappa shape index (κ2) is 7.71. The fourth-order valence-electron chi connectivity index (χ4n) is 3.42. The molecule has 1 unspecified atom stereocenters. The maximum absolute atomic E-state index is 13.0. The number of carbonyl (C=O) groups excluding carboxylic acids is 2. The van der Waals surface area contributed by atoms with Crippen molar-refractivity contribution in [3.05, 3.63) is 46.8 Å². The Labute approximate surface area is 179 Å². The van der Waals surface area contributed by atoms with E-state index < -0.39 is 5.60 Å². The highest BCUT2D eigenvalue weighted by Crippen LogP contribution is 2.32. The monoisotopic (exact) mass is 427 g/mol. The van der Waals surface area contributed by atoms with Gasteiger partial charge in [-0.2, -0.15) is 0 Å². The number of fused-ring (bicyclic) bond motifs is 1. The minimum absolute atomic E-state index is 0.114. The second-order valence-electron chi connectivity index (χ2n) is 8.42. The van der Waals surface area contributed by atoms with Crippen LogP contribution >= 0.6 is 11.3 Å². The molecular weight excluding hydrogens is 402 g/mol. The summed E-state index contributed by atoms with van der Waals surface area (Å²) >= 11 is 1.39. The number of likely N-dealkylation sites (tertiary alicyclic amines) is 1. The summed E-state index contributed by atoms with van der Waals surface area (Å²) in [6.07, 6.45) is 7.60. The lowest BCUT2D eigenvalue weighted by atomic mass is 10.1. The first-order valence-electron chi connectivity index (χ1n) is 9.86. The third-order valence-corrected chi connectivity index (χ3v) is 6.14. The van der Waals surface area contributed by atoms with E-state index in [0.29, 0.717) is 18.0 Å². The van der Waals surface area contributed by atoms with E-state index in [9.17, 15) is 9.59 Å². The van der Waals surface area contributed by atoms with Crippen LogP contribution in [0.15, 0.2) is 36.9 Å². The number of nitrogens with zero attached hydrogens (tertiary/aromatic N) is 5. The van der Waals surface area contributed by atoms with Crippen LogP contribution in [0.4, 0.5) is 10.5 Å². The van der Waals surface area contributed by atoms with Crippen molar-refractivity contribution in [1.82, 2.24) is 19.3 Å². The summed E-state index contributed by atoms with van der Waals surface area (Å²) in [5.74, 6) is 0.00675. The maximum Gasteiger partial charge on any atom is 0.410 e. The van der Waals surface area contributed by atoms with Crippen LogP contribution in [-0.4, -0.2) is 57.0 Å². The topological polar surface area (TPSA) is 80.0 Å². The van der Waals surface area contributed by atoms with Crippen LogP contribution in [0.2, 0.25) is 0 Å². The highest BCUT2D eigenvalue weighted by atomic mass is 32.1. The van der Waals surface area contributed by atoms with Crippen LogP contribution in [0.3, 0.4) is 0 Å². The number of aromatic nitrogens is 3. The molecule has 0 aliphatic carbocycles. The zero-order valence-corrected chi connectivity index (χ0v) is 18.3. The SMILES string of the molecule is CN(C(=O)c1cnc(C2CCN(C(=O)OC(C)(C)C)C2)s1)c1ccn2ccnc2c1. The lowest BCUT2D eigenvalue weighted by Crippen LogP contribution is -2.35. The number of thiazole rings is 1. The molecule has 1 aliphatic rings. The van der Waals surface area contributed by atoms with Crippen molar-refractivity contribution in [3.63, 3.8) is 0 Å². The maximum atomic E-state index is 13.0. The molecule has 1 saturated heterocycles. The van der Waals surface area contributed by atoms with E-state index in [0.717, 1.165) is 22.8 Å². The highest BCUT2D eigenvalue weighted by molar-refractivity contribution is 7.13. The third-order valence-electron chi connectivity index (χ3n) is 5.00. The van der Waals surface area contributed by atoms with Gasteiger partial charge in [0.15, 0.2) is 0 Å². The van der Waals surface area contributed by atoms with Crippen LogP contribution in [-0.2, 0) is 4.74 Å². The normalized spacial score (nSPS) is 16.8. The quantitative estimate of drug-likeness (QED) is 0.635. The molecule has 1 fully saturated rings. The molecule has 0 aromatic carbocycles. The number of anilines is 1. The van der Waals surface area contributed by atoms with Crippen molar-refractivity contribution in [1.29, 1.82) is 0 Å². The van der Waals surface area contributed by atoms with Gasteiger partial charge in [0.2, 0.25) is 0 Å². The molecule has 8 nitrogen and oxygen atoms in total. The molecule has 3 aromatic heterocycles. The molecule has 0 spiro atoms. The Kier molecular flexibility index (Phi) is 5.23. The summed E-state index contributed by atoms with van der Waals surface area (Å²) in [7, 11) is 1.75. The Morgan fingerprint density at radius 2 is 2.07 bits per heavy atom. The summed E-state index contributed by atoms with van der Waals surface area (Å²) < 4.78 is 7.35. The molecule has 9 heteroatoms. The number of carbonyl (C=O) groups is 2. The average molecular weight is 428 g/mol. The first-order chi connectivity index (χ1) is 14.2. The number of amides is 2. The molecule has 0 saturated carbocycles. The van der Waals surface area contributed by atoms with Crippen molar-refractivity contribution in [2.75, 3.05) is 25.0 Å². The van der Waals surface area contributed by atoms with Gasteiger partial charge in [0.25, 0.3) is 5.91 Å². The van der Waals surface area contributed by atoms with E-state index in [4.69, 9.17) is 4.74 Å². The van der Waals surface area contributed by atoms with Crippen molar-refractivity contribution >= 4 is 34.7 Å². The van der Waals surface area contributed by atoms with Gasteiger partial charge in [-0.25, -0.2) is 14.8 Å². The van der Waals surface area contributed by atoms with Gasteiger partial charge in [0, 0.05) is 56.4 Å². The molecule has 1 aliphatic heterocycles. The predicted octanol–water partition coefficient (Wildman–Crippen LogP) is 3.79. The number of imidazole rings is 1. The molecular formula is C21H25N5O3S. The zero-order valence-electron chi connectivity index (χ0n) is 17.5. The summed E-state index contributed by atoms with van der Waals surface area (Å²) in [6.45, 7) is 6.77. The van der Waals surface area contributed by atoms with Crippen molar-refractivity contribution in [3.8, 4) is 0 Å². The molecule has 4 rings (SSSR count). The van der Waals surface area contributed by atoms with Gasteiger partial charge in [0.1, 0.15) is 16.1 Å². The molecule has 2 amide bonds. The largest absolute Gasteiger partial charge is 0.444 e. The van der Waals surface area contributed by atoms with Crippen molar-refractivity contribution in [2.24, 2.45) is 0 Å². The summed E-state index contributed by atoms with van der Waals surface area (Å²) in [4.78, 5) is 37.9. The molecule has 0 radical (unpaired) electrons. The second-order valence-corrected chi connectivity index (χ2v) is 9.48. The van der Waals surface area contributed by atoms with E-state index in [2.05, 4.69) is 9.97 Å². The van der Waals surface area contributed by atoms with Crippen LogP contribution < -0.4 is 4.90 Å². The molecule has 1 atom stereocenters. The van der Waals surface area contributed by atoms with Gasteiger partial charge in [-0.15, -0.1) is 11.3 Å². The summed E-state index contributed by atoms with van der Waals surface area (Å²) in [5, 5.41) is 0.876. The van der Waals surface area contributed by atoms with E-state index >= 15 is 0 Å². The molecule has 158 valence electrons. The van der Waals surface area contributed by atoms with E-state index in [-0.39, 0.29) is 17.9 Å². The molecule has 4 heterocycles. The third kappa shape index (κ3) is 4.16. The number of rotatable bonds is 3. The lowest BCUT2D eigenvalue weighted by molar-refractivity contribution is 0.0292. The minimum Gasteiger partial charge on any atom is -0.444 e. The Bertz CT molecular complexity index is 1080. The van der Waals surface area contributed by atoms with Gasteiger partial charge in [-0.3, -0.25) is 4.79 Å². The Hall–Kier alpha value is -2.94. The van der Waals surface area contributed by atoms with Gasteiger partial charge in [-0.1, -0.05) is 0 Å². The first-order valence-corrected chi connectivity index (χ1v) is 10.7. The predicted molar refractivity (Wildman–Crippen MR) is 115 cm³/mol. The average Bonchev–Trinajstić information content (AvgIpc) is 3.44. The van der Waals surface area contributed by atoms with E-state index in [1.807, 2.05) is 49.7 Å². The Balaban J connectivity index is 1.43. The number of pyridine rings is 1. The van der Waals surface area contributed by atoms with Gasteiger partial charge < -0.3 is 18.9 Å². The highest BCUT2D eigenvalue weighted by Gasteiger charge is 2.32. The van der Waals surface area contributed by atoms with E-state index in [1.165, 1.54) is 11.3 Å². The van der Waals surface area contributed by atoms with Crippen molar-refractivity contribution in [2.45, 2.75) is 38.7 Å². The smallest absolute Gasteiger partial charge is 0.410 e. The number of ether oxygens (including phenoxy) is 1. The lowest BCUT2D eigenvalue weighted by Gasteiger charge is -2.24. The standard InChI is InChI=1S/C21H25N5O3S/c1-21(2,3)29-20(28)26-8-5-14(13-26)18-23-12-16(30-18)19(27)24(4)15-6-9-25-10-7-22-17(25)11-15/h6-7,9-12,14H,5,8,13H2,1-4H3. The molecule has 3 aromatic rings. The van der Waals surface area contributed by atoms with Gasteiger partial charge >= 0.3 is 6.09 Å². The molecule has 30 heavy (non-hydrogen) atoms. The van der Waals surface area contributed by atoms with E-state index in [1.54, 1.807) is 29.2 Å². The fraction of sp³-hybridized carbons (Fsp3) is 0.429. The van der Waals surface area contributed by atoms with Gasteiger partial charge in [0.05, 0.1) is 11.2 Å². The summed E-state index contributed by atoms with van der Waals surface area (Å²) in [6, 6.07) is 3.75. The fourth-order valence-corrected chi connectivity index (χ4v) is 4.44. The Morgan fingerprint density at radius 3 is 2.83 bits per heavy atom. The number of hydrogen-bond donors (Lipinski definition) is 0. The summed E-state index contributed by atoms with van der Waals surface area (Å²) in [5.41, 5.74) is 1.04. The first kappa shape index (κ1) is 20.3. The molecule has 0 bridgehead atoms. The number of hydrogen-bond acceptors (Lipinski definition) is 6. The van der Waals surface area contributed by atoms with Gasteiger partial charge in [-0.05, 0) is 33.3 Å². The van der Waals surface area contributed by atoms with Crippen LogP contribution in [0.25, 0.3) is 5.65 Å². The molecule has 0 N–H and O–H groups in total. The van der Waals surface area contributed by atoms with Crippen LogP contribution in [0, 0.1) is 0 Å². The van der Waals surface area contributed by atoms with Crippen molar-refractivity contribution < 1.29 is 14.3 Å².